The molecular weight excluding hydrogens is 454 g/mol. The highest BCUT2D eigenvalue weighted by Gasteiger charge is 2.20. The van der Waals surface area contributed by atoms with Gasteiger partial charge in [0.05, 0.1) is 22.3 Å². The van der Waals surface area contributed by atoms with Crippen molar-refractivity contribution in [1.82, 2.24) is 9.55 Å². The molecule has 0 bridgehead atoms. The maximum atomic E-state index is 13.5. The van der Waals surface area contributed by atoms with Gasteiger partial charge in [0, 0.05) is 11.4 Å². The van der Waals surface area contributed by atoms with E-state index in [-0.39, 0.29) is 17.2 Å². The Morgan fingerprint density at radius 1 is 0.800 bits per heavy atom. The quantitative estimate of drug-likeness (QED) is 0.217. The molecule has 1 aromatic heterocycles. The minimum Gasteiger partial charge on any atom is -0.280 e. The zero-order valence-electron chi connectivity index (χ0n) is 19.2. The highest BCUT2D eigenvalue weighted by atomic mass is 32.2. The smallest absolute Gasteiger partial charge is 0.266 e. The number of nitrogens with zero attached hydrogens (tertiary/aromatic N) is 3. The summed E-state index contributed by atoms with van der Waals surface area (Å²) in [6, 6.07) is 34.1. The zero-order valence-corrected chi connectivity index (χ0v) is 20.0. The van der Waals surface area contributed by atoms with E-state index in [2.05, 4.69) is 0 Å². The van der Waals surface area contributed by atoms with Crippen molar-refractivity contribution in [3.8, 4) is 5.69 Å². The molecule has 172 valence electrons. The summed E-state index contributed by atoms with van der Waals surface area (Å²) < 4.78 is 1.59. The molecule has 0 radical (unpaired) electrons. The van der Waals surface area contributed by atoms with Crippen LogP contribution in [0, 0.1) is 6.92 Å². The molecule has 1 amide bonds. The lowest BCUT2D eigenvalue weighted by molar-refractivity contribution is -0.115. The number of carbonyl (C=O) groups is 1. The molecule has 0 saturated carbocycles. The molecule has 0 aliphatic rings. The predicted octanol–water partition coefficient (Wildman–Crippen LogP) is 6.15. The molecule has 0 N–H and O–H groups in total. The number of hydrogen-bond acceptors (Lipinski definition) is 4. The van der Waals surface area contributed by atoms with E-state index in [0.717, 1.165) is 22.6 Å². The molecule has 0 aliphatic heterocycles. The average molecular weight is 478 g/mol. The summed E-state index contributed by atoms with van der Waals surface area (Å²) >= 11 is 1.26. The highest BCUT2D eigenvalue weighted by molar-refractivity contribution is 7.99. The molecule has 0 unspecified atom stereocenters. The Balaban J connectivity index is 1.53. The first-order chi connectivity index (χ1) is 17.1. The van der Waals surface area contributed by atoms with Gasteiger partial charge in [-0.2, -0.15) is 0 Å². The third kappa shape index (κ3) is 4.74. The fraction of sp³-hybridized carbons (Fsp3) is 0.0690. The Hall–Kier alpha value is -4.16. The summed E-state index contributed by atoms with van der Waals surface area (Å²) in [6.45, 7) is 2.00. The number of aromatic nitrogens is 2. The first kappa shape index (κ1) is 22.6. The topological polar surface area (TPSA) is 55.2 Å². The van der Waals surface area contributed by atoms with Gasteiger partial charge in [-0.1, -0.05) is 78.0 Å². The number of amides is 1. The monoisotopic (exact) mass is 477 g/mol. The minimum atomic E-state index is -0.155. The largest absolute Gasteiger partial charge is 0.280 e. The lowest BCUT2D eigenvalue weighted by Gasteiger charge is -2.23. The van der Waals surface area contributed by atoms with Crippen molar-refractivity contribution in [3.05, 3.63) is 125 Å². The van der Waals surface area contributed by atoms with Crippen LogP contribution in [0.4, 0.5) is 11.4 Å². The van der Waals surface area contributed by atoms with E-state index in [1.165, 1.54) is 11.8 Å². The van der Waals surface area contributed by atoms with Gasteiger partial charge < -0.3 is 0 Å². The Kier molecular flexibility index (Phi) is 6.46. The number of carbonyl (C=O) groups excluding carboxylic acids is 1. The van der Waals surface area contributed by atoms with Crippen LogP contribution in [0.5, 0.6) is 0 Å². The molecule has 0 aliphatic carbocycles. The van der Waals surface area contributed by atoms with Gasteiger partial charge >= 0.3 is 0 Å². The molecule has 0 fully saturated rings. The lowest BCUT2D eigenvalue weighted by atomic mass is 10.2. The van der Waals surface area contributed by atoms with Gasteiger partial charge in [0.15, 0.2) is 5.16 Å². The number of benzene rings is 4. The van der Waals surface area contributed by atoms with Crippen LogP contribution in [-0.4, -0.2) is 21.2 Å². The molecule has 1 heterocycles. The number of fused-ring (bicyclic) bond motifs is 1. The van der Waals surface area contributed by atoms with Gasteiger partial charge in [-0.05, 0) is 55.5 Å². The summed E-state index contributed by atoms with van der Waals surface area (Å²) in [5.41, 5.74) is 3.84. The molecule has 5 nitrogen and oxygen atoms in total. The summed E-state index contributed by atoms with van der Waals surface area (Å²) in [4.78, 5) is 33.5. The minimum absolute atomic E-state index is 0.106. The van der Waals surface area contributed by atoms with Gasteiger partial charge in [-0.25, -0.2) is 4.98 Å². The van der Waals surface area contributed by atoms with Gasteiger partial charge in [-0.3, -0.25) is 19.1 Å². The van der Waals surface area contributed by atoms with Crippen molar-refractivity contribution in [3.63, 3.8) is 0 Å². The van der Waals surface area contributed by atoms with Crippen LogP contribution in [0.3, 0.4) is 0 Å². The zero-order chi connectivity index (χ0) is 24.2. The van der Waals surface area contributed by atoms with E-state index < -0.39 is 0 Å². The number of aryl methyl sites for hydroxylation is 1. The van der Waals surface area contributed by atoms with Crippen molar-refractivity contribution < 1.29 is 4.79 Å². The standard InChI is InChI=1S/C29H23N3O2S/c1-21-16-18-24(19-17-21)32-28(34)25-14-8-9-15-26(25)30-29(32)35-20-27(33)31(22-10-4-2-5-11-22)23-12-6-3-7-13-23/h2-19H,20H2,1H3. The van der Waals surface area contributed by atoms with Gasteiger partial charge in [0.1, 0.15) is 0 Å². The van der Waals surface area contributed by atoms with Crippen LogP contribution in [-0.2, 0) is 4.79 Å². The molecule has 5 rings (SSSR count). The second-order valence-corrected chi connectivity index (χ2v) is 9.02. The Morgan fingerprint density at radius 3 is 2.00 bits per heavy atom. The molecule has 6 heteroatoms. The van der Waals surface area contributed by atoms with E-state index in [0.29, 0.717) is 16.1 Å². The molecular formula is C29H23N3O2S. The Morgan fingerprint density at radius 2 is 1.37 bits per heavy atom. The predicted molar refractivity (Wildman–Crippen MR) is 143 cm³/mol. The lowest BCUT2D eigenvalue weighted by Crippen LogP contribution is -2.28. The molecule has 5 aromatic rings. The average Bonchev–Trinajstić information content (AvgIpc) is 2.90. The van der Waals surface area contributed by atoms with Gasteiger partial charge in [-0.15, -0.1) is 0 Å². The number of rotatable bonds is 6. The highest BCUT2D eigenvalue weighted by Crippen LogP contribution is 2.28. The maximum absolute atomic E-state index is 13.5. The fourth-order valence-corrected chi connectivity index (χ4v) is 4.77. The number of anilines is 2. The molecule has 0 atom stereocenters. The van der Waals surface area contributed by atoms with E-state index in [9.17, 15) is 9.59 Å². The van der Waals surface area contributed by atoms with Crippen molar-refractivity contribution in [2.75, 3.05) is 10.7 Å². The number of hydrogen-bond donors (Lipinski definition) is 0. The summed E-state index contributed by atoms with van der Waals surface area (Å²) in [5, 5.41) is 1.02. The van der Waals surface area contributed by atoms with Crippen molar-refractivity contribution in [2.24, 2.45) is 0 Å². The van der Waals surface area contributed by atoms with Crippen LogP contribution < -0.4 is 10.5 Å². The third-order valence-electron chi connectivity index (χ3n) is 5.64. The van der Waals surface area contributed by atoms with Crippen LogP contribution in [0.25, 0.3) is 16.6 Å². The Bertz CT molecular complexity index is 1490. The molecule has 35 heavy (non-hydrogen) atoms. The Labute approximate surface area is 207 Å². The van der Waals surface area contributed by atoms with Crippen molar-refractivity contribution >= 4 is 39.9 Å². The normalized spacial score (nSPS) is 10.9. The fourth-order valence-electron chi connectivity index (χ4n) is 3.91. The van der Waals surface area contributed by atoms with Crippen LogP contribution >= 0.6 is 11.8 Å². The van der Waals surface area contributed by atoms with Gasteiger partial charge in [0.2, 0.25) is 5.91 Å². The first-order valence-corrected chi connectivity index (χ1v) is 12.2. The summed E-state index contributed by atoms with van der Waals surface area (Å²) in [7, 11) is 0. The maximum Gasteiger partial charge on any atom is 0.266 e. The second-order valence-electron chi connectivity index (χ2n) is 8.08. The SMILES string of the molecule is Cc1ccc(-n2c(SCC(=O)N(c3ccccc3)c3ccccc3)nc3ccccc3c2=O)cc1. The van der Waals surface area contributed by atoms with Crippen LogP contribution in [0.15, 0.2) is 119 Å². The van der Waals surface area contributed by atoms with E-state index in [4.69, 9.17) is 4.98 Å². The molecule has 0 saturated heterocycles. The molecule has 0 spiro atoms. The second kappa shape index (κ2) is 9.99. The number of para-hydroxylation sites is 3. The van der Waals surface area contributed by atoms with Crippen molar-refractivity contribution in [1.29, 1.82) is 0 Å². The van der Waals surface area contributed by atoms with Gasteiger partial charge in [0.25, 0.3) is 5.56 Å². The summed E-state index contributed by atoms with van der Waals surface area (Å²) in [5.74, 6) is 0.00530. The third-order valence-corrected chi connectivity index (χ3v) is 6.56. The van der Waals surface area contributed by atoms with Crippen LogP contribution in [0.1, 0.15) is 5.56 Å². The van der Waals surface area contributed by atoms with E-state index in [1.54, 1.807) is 15.5 Å². The van der Waals surface area contributed by atoms with E-state index in [1.807, 2.05) is 110 Å². The first-order valence-electron chi connectivity index (χ1n) is 11.3. The van der Waals surface area contributed by atoms with E-state index >= 15 is 0 Å². The number of thioether (sulfide) groups is 1. The van der Waals surface area contributed by atoms with Crippen molar-refractivity contribution in [2.45, 2.75) is 12.1 Å². The molecule has 4 aromatic carbocycles. The summed E-state index contributed by atoms with van der Waals surface area (Å²) in [6.07, 6.45) is 0. The van der Waals surface area contributed by atoms with Crippen LogP contribution in [0.2, 0.25) is 0 Å².